The van der Waals surface area contributed by atoms with Crippen molar-refractivity contribution in [3.63, 3.8) is 0 Å². The number of halogens is 1. The highest BCUT2D eigenvalue weighted by molar-refractivity contribution is 9.10. The number of ether oxygens (including phenoxy) is 1. The number of aromatic nitrogens is 2. The third-order valence-corrected chi connectivity index (χ3v) is 4.76. The van der Waals surface area contributed by atoms with Crippen LogP contribution < -0.4 is 15.6 Å². The smallest absolute Gasteiger partial charge is 0.271 e. The molecule has 0 aliphatic carbocycles. The molecule has 122 valence electrons. The van der Waals surface area contributed by atoms with Crippen molar-refractivity contribution in [3.05, 3.63) is 57.0 Å². The molecule has 1 aliphatic rings. The van der Waals surface area contributed by atoms with Gasteiger partial charge in [0, 0.05) is 6.54 Å². The molecule has 23 heavy (non-hydrogen) atoms. The third-order valence-electron chi connectivity index (χ3n) is 4.08. The van der Waals surface area contributed by atoms with Gasteiger partial charge in [0.2, 0.25) is 5.88 Å². The zero-order valence-corrected chi connectivity index (χ0v) is 14.5. The topological polar surface area (TPSA) is 56.1 Å². The summed E-state index contributed by atoms with van der Waals surface area (Å²) in [7, 11) is 0. The summed E-state index contributed by atoms with van der Waals surface area (Å²) >= 11 is 3.34. The van der Waals surface area contributed by atoms with E-state index in [-0.39, 0.29) is 5.56 Å². The van der Waals surface area contributed by atoms with E-state index in [4.69, 9.17) is 4.74 Å². The molecule has 1 aromatic heterocycles. The Morgan fingerprint density at radius 1 is 1.26 bits per heavy atom. The van der Waals surface area contributed by atoms with Crippen LogP contribution in [0.5, 0.6) is 5.88 Å². The standard InChI is InChI=1S/C17H20BrN3O2/c18-15-16(23-11-14-4-2-1-3-5-14)20-12-21(17(15)22)10-13-6-8-19-9-7-13/h1-5,12-13,19H,6-11H2. The fraction of sp³-hybridized carbons (Fsp3) is 0.412. The van der Waals surface area contributed by atoms with Gasteiger partial charge in [-0.1, -0.05) is 30.3 Å². The molecule has 0 unspecified atom stereocenters. The quantitative estimate of drug-likeness (QED) is 0.869. The molecule has 1 aromatic carbocycles. The number of hydrogen-bond acceptors (Lipinski definition) is 4. The molecule has 1 aliphatic heterocycles. The molecule has 0 radical (unpaired) electrons. The molecular weight excluding hydrogens is 358 g/mol. The first-order chi connectivity index (χ1) is 11.2. The van der Waals surface area contributed by atoms with E-state index in [1.807, 2.05) is 30.3 Å². The van der Waals surface area contributed by atoms with Gasteiger partial charge >= 0.3 is 0 Å². The average molecular weight is 378 g/mol. The van der Waals surface area contributed by atoms with Crippen LogP contribution in [0.1, 0.15) is 18.4 Å². The fourth-order valence-electron chi connectivity index (χ4n) is 2.75. The van der Waals surface area contributed by atoms with Gasteiger partial charge in [0.15, 0.2) is 0 Å². The van der Waals surface area contributed by atoms with Crippen LogP contribution in [0.15, 0.2) is 45.9 Å². The van der Waals surface area contributed by atoms with E-state index in [0.717, 1.165) is 31.5 Å². The van der Waals surface area contributed by atoms with Gasteiger partial charge in [-0.2, -0.15) is 0 Å². The summed E-state index contributed by atoms with van der Waals surface area (Å²) in [6, 6.07) is 9.83. The highest BCUT2D eigenvalue weighted by Gasteiger charge is 2.16. The molecule has 2 heterocycles. The highest BCUT2D eigenvalue weighted by atomic mass is 79.9. The van der Waals surface area contributed by atoms with Crippen molar-refractivity contribution in [2.24, 2.45) is 5.92 Å². The summed E-state index contributed by atoms with van der Waals surface area (Å²) in [5, 5.41) is 3.34. The lowest BCUT2D eigenvalue weighted by atomic mass is 9.98. The summed E-state index contributed by atoms with van der Waals surface area (Å²) in [5.41, 5.74) is 0.960. The minimum Gasteiger partial charge on any atom is -0.472 e. The van der Waals surface area contributed by atoms with Crippen molar-refractivity contribution < 1.29 is 4.74 Å². The first-order valence-corrected chi connectivity index (χ1v) is 8.65. The maximum absolute atomic E-state index is 12.5. The summed E-state index contributed by atoms with van der Waals surface area (Å²) < 4.78 is 7.74. The molecule has 0 spiro atoms. The number of piperidine rings is 1. The first-order valence-electron chi connectivity index (χ1n) is 7.86. The second-order valence-electron chi connectivity index (χ2n) is 5.79. The molecule has 1 N–H and O–H groups in total. The van der Waals surface area contributed by atoms with Crippen LogP contribution in [0.2, 0.25) is 0 Å². The van der Waals surface area contributed by atoms with Crippen molar-refractivity contribution in [2.75, 3.05) is 13.1 Å². The van der Waals surface area contributed by atoms with Gasteiger partial charge in [-0.05, 0) is 53.3 Å². The number of rotatable bonds is 5. The zero-order valence-electron chi connectivity index (χ0n) is 12.9. The Hall–Kier alpha value is -1.66. The molecule has 0 saturated carbocycles. The summed E-state index contributed by atoms with van der Waals surface area (Å²) in [5.74, 6) is 0.874. The molecule has 3 rings (SSSR count). The predicted octanol–water partition coefficient (Wildman–Crippen LogP) is 2.58. The minimum absolute atomic E-state index is 0.0819. The van der Waals surface area contributed by atoms with Crippen molar-refractivity contribution in [1.29, 1.82) is 0 Å². The summed E-state index contributed by atoms with van der Waals surface area (Å²) in [6.45, 7) is 3.15. The zero-order chi connectivity index (χ0) is 16.1. The van der Waals surface area contributed by atoms with E-state index in [2.05, 4.69) is 26.2 Å². The van der Waals surface area contributed by atoms with Crippen molar-refractivity contribution >= 4 is 15.9 Å². The second-order valence-corrected chi connectivity index (χ2v) is 6.58. The van der Waals surface area contributed by atoms with E-state index in [1.165, 1.54) is 0 Å². The first kappa shape index (κ1) is 16.2. The lowest BCUT2D eigenvalue weighted by Crippen LogP contribution is -2.33. The van der Waals surface area contributed by atoms with Gasteiger partial charge in [-0.15, -0.1) is 0 Å². The normalized spacial score (nSPS) is 15.5. The van der Waals surface area contributed by atoms with Crippen molar-refractivity contribution in [2.45, 2.75) is 26.0 Å². The van der Waals surface area contributed by atoms with E-state index in [0.29, 0.717) is 29.4 Å². The van der Waals surface area contributed by atoms with Crippen LogP contribution >= 0.6 is 15.9 Å². The highest BCUT2D eigenvalue weighted by Crippen LogP contribution is 2.20. The Morgan fingerprint density at radius 3 is 2.74 bits per heavy atom. The Morgan fingerprint density at radius 2 is 2.00 bits per heavy atom. The van der Waals surface area contributed by atoms with Gasteiger partial charge in [-0.3, -0.25) is 9.36 Å². The van der Waals surface area contributed by atoms with Gasteiger partial charge in [-0.25, -0.2) is 4.98 Å². The fourth-order valence-corrected chi connectivity index (χ4v) is 3.19. The molecule has 1 saturated heterocycles. The van der Waals surface area contributed by atoms with Crippen LogP contribution in [0.25, 0.3) is 0 Å². The van der Waals surface area contributed by atoms with E-state index >= 15 is 0 Å². The Labute approximate surface area is 143 Å². The summed E-state index contributed by atoms with van der Waals surface area (Å²) in [4.78, 5) is 16.8. The lowest BCUT2D eigenvalue weighted by molar-refractivity contribution is 0.285. The predicted molar refractivity (Wildman–Crippen MR) is 92.6 cm³/mol. The molecule has 6 heteroatoms. The Balaban J connectivity index is 1.68. The van der Waals surface area contributed by atoms with E-state index < -0.39 is 0 Å². The second kappa shape index (κ2) is 7.75. The van der Waals surface area contributed by atoms with E-state index in [1.54, 1.807) is 10.9 Å². The average Bonchev–Trinajstić information content (AvgIpc) is 2.60. The molecular formula is C17H20BrN3O2. The van der Waals surface area contributed by atoms with Gasteiger partial charge < -0.3 is 10.1 Å². The largest absolute Gasteiger partial charge is 0.472 e. The minimum atomic E-state index is -0.0819. The van der Waals surface area contributed by atoms with Gasteiger partial charge in [0.05, 0.1) is 0 Å². The molecule has 0 amide bonds. The number of nitrogens with one attached hydrogen (secondary N) is 1. The van der Waals surface area contributed by atoms with Gasteiger partial charge in [0.25, 0.3) is 5.56 Å². The molecule has 5 nitrogen and oxygen atoms in total. The molecule has 1 fully saturated rings. The molecule has 2 aromatic rings. The van der Waals surface area contributed by atoms with E-state index in [9.17, 15) is 4.79 Å². The maximum atomic E-state index is 12.5. The SMILES string of the molecule is O=c1c(Br)c(OCc2ccccc2)ncn1CC1CCNCC1. The van der Waals surface area contributed by atoms with Crippen LogP contribution in [-0.4, -0.2) is 22.6 Å². The monoisotopic (exact) mass is 377 g/mol. The van der Waals surface area contributed by atoms with Crippen LogP contribution in [0.4, 0.5) is 0 Å². The number of benzene rings is 1. The van der Waals surface area contributed by atoms with Crippen molar-refractivity contribution in [3.8, 4) is 5.88 Å². The number of nitrogens with zero attached hydrogens (tertiary/aromatic N) is 2. The summed E-state index contributed by atoms with van der Waals surface area (Å²) in [6.07, 6.45) is 3.78. The Kier molecular flexibility index (Phi) is 5.46. The molecule has 0 atom stereocenters. The van der Waals surface area contributed by atoms with Crippen LogP contribution in [0.3, 0.4) is 0 Å². The van der Waals surface area contributed by atoms with Gasteiger partial charge in [0.1, 0.15) is 17.4 Å². The number of hydrogen-bond donors (Lipinski definition) is 1. The van der Waals surface area contributed by atoms with Crippen LogP contribution in [-0.2, 0) is 13.2 Å². The van der Waals surface area contributed by atoms with Crippen molar-refractivity contribution in [1.82, 2.24) is 14.9 Å². The Bertz CT molecular complexity index is 697. The lowest BCUT2D eigenvalue weighted by Gasteiger charge is -2.23. The third kappa shape index (κ3) is 4.20. The maximum Gasteiger partial charge on any atom is 0.271 e. The van der Waals surface area contributed by atoms with Crippen LogP contribution in [0, 0.1) is 5.92 Å². The molecule has 0 bridgehead atoms.